The fraction of sp³-hybridized carbons (Fsp3) is 0.529. The van der Waals surface area contributed by atoms with Gasteiger partial charge in [-0.3, -0.25) is 14.6 Å². The van der Waals surface area contributed by atoms with Gasteiger partial charge in [-0.05, 0) is 23.8 Å². The minimum atomic E-state index is -0.692. The summed E-state index contributed by atoms with van der Waals surface area (Å²) >= 11 is 0. The average Bonchev–Trinajstić information content (AvgIpc) is 3.07. The molecule has 128 valence electrons. The standard InChI is InChI=1S/C17H21FN4O2/c18-15-2-1-13(10-19)14(9-15)11-21-4-6-22(7-5-21)17(16(20)23)3-8-24-12-17/h1-2,9H,3-8,11-12H2,(H2,20,23). The summed E-state index contributed by atoms with van der Waals surface area (Å²) < 4.78 is 18.8. The van der Waals surface area contributed by atoms with Crippen molar-refractivity contribution >= 4 is 5.91 Å². The molecule has 0 aliphatic carbocycles. The molecule has 24 heavy (non-hydrogen) atoms. The van der Waals surface area contributed by atoms with E-state index in [1.807, 2.05) is 0 Å². The van der Waals surface area contributed by atoms with Gasteiger partial charge in [0, 0.05) is 45.8 Å². The van der Waals surface area contributed by atoms with Crippen molar-refractivity contribution in [1.29, 1.82) is 5.26 Å². The molecule has 0 saturated carbocycles. The lowest BCUT2D eigenvalue weighted by Gasteiger charge is -2.43. The molecule has 0 bridgehead atoms. The van der Waals surface area contributed by atoms with Crippen molar-refractivity contribution in [2.24, 2.45) is 5.73 Å². The predicted octanol–water partition coefficient (Wildman–Crippen LogP) is 0.459. The number of rotatable bonds is 4. The van der Waals surface area contributed by atoms with Crippen LogP contribution in [-0.4, -0.2) is 60.6 Å². The van der Waals surface area contributed by atoms with Gasteiger partial charge in [-0.25, -0.2) is 4.39 Å². The Hall–Kier alpha value is -2.01. The van der Waals surface area contributed by atoms with E-state index in [2.05, 4.69) is 15.9 Å². The van der Waals surface area contributed by atoms with Gasteiger partial charge in [-0.2, -0.15) is 5.26 Å². The quantitative estimate of drug-likeness (QED) is 0.866. The number of carbonyl (C=O) groups excluding carboxylic acids is 1. The van der Waals surface area contributed by atoms with E-state index in [1.54, 1.807) is 0 Å². The zero-order valence-electron chi connectivity index (χ0n) is 13.5. The maximum Gasteiger partial charge on any atom is 0.240 e. The third-order valence-electron chi connectivity index (χ3n) is 5.02. The van der Waals surface area contributed by atoms with Crippen molar-refractivity contribution in [3.8, 4) is 6.07 Å². The first-order valence-electron chi connectivity index (χ1n) is 8.09. The summed E-state index contributed by atoms with van der Waals surface area (Å²) in [6.45, 7) is 4.29. The van der Waals surface area contributed by atoms with E-state index >= 15 is 0 Å². The number of primary amides is 1. The lowest BCUT2D eigenvalue weighted by molar-refractivity contribution is -0.132. The Morgan fingerprint density at radius 3 is 2.71 bits per heavy atom. The van der Waals surface area contributed by atoms with E-state index < -0.39 is 5.54 Å². The molecule has 3 rings (SSSR count). The normalized spacial score (nSPS) is 25.5. The Kier molecular flexibility index (Phi) is 4.81. The van der Waals surface area contributed by atoms with E-state index in [1.165, 1.54) is 18.2 Å². The molecule has 2 saturated heterocycles. The fourth-order valence-electron chi connectivity index (χ4n) is 3.53. The van der Waals surface area contributed by atoms with Crippen LogP contribution >= 0.6 is 0 Å². The van der Waals surface area contributed by atoms with Crippen LogP contribution in [0.2, 0.25) is 0 Å². The third kappa shape index (κ3) is 3.13. The van der Waals surface area contributed by atoms with Crippen LogP contribution in [0.5, 0.6) is 0 Å². The van der Waals surface area contributed by atoms with E-state index in [9.17, 15) is 9.18 Å². The Morgan fingerprint density at radius 2 is 2.12 bits per heavy atom. The minimum Gasteiger partial charge on any atom is -0.379 e. The van der Waals surface area contributed by atoms with Crippen LogP contribution in [0.1, 0.15) is 17.5 Å². The summed E-state index contributed by atoms with van der Waals surface area (Å²) in [7, 11) is 0. The molecule has 7 heteroatoms. The van der Waals surface area contributed by atoms with E-state index in [0.717, 1.165) is 13.1 Å². The van der Waals surface area contributed by atoms with Crippen molar-refractivity contribution in [2.75, 3.05) is 39.4 Å². The first kappa shape index (κ1) is 16.8. The minimum absolute atomic E-state index is 0.328. The van der Waals surface area contributed by atoms with Gasteiger partial charge >= 0.3 is 0 Å². The topological polar surface area (TPSA) is 82.6 Å². The largest absolute Gasteiger partial charge is 0.379 e. The van der Waals surface area contributed by atoms with Gasteiger partial charge in [0.05, 0.1) is 18.2 Å². The number of piperazine rings is 1. The average molecular weight is 332 g/mol. The summed E-state index contributed by atoms with van der Waals surface area (Å²) in [6, 6.07) is 6.34. The number of nitrogens with zero attached hydrogens (tertiary/aromatic N) is 3. The molecule has 2 aliphatic heterocycles. The highest BCUT2D eigenvalue weighted by Gasteiger charge is 2.46. The summed E-state index contributed by atoms with van der Waals surface area (Å²) in [4.78, 5) is 16.2. The fourth-order valence-corrected chi connectivity index (χ4v) is 3.53. The van der Waals surface area contributed by atoms with Gasteiger partial charge in [-0.1, -0.05) is 0 Å². The van der Waals surface area contributed by atoms with Crippen molar-refractivity contribution in [1.82, 2.24) is 9.80 Å². The molecule has 1 atom stereocenters. The number of amides is 1. The van der Waals surface area contributed by atoms with E-state index in [0.29, 0.717) is 50.4 Å². The van der Waals surface area contributed by atoms with Crippen molar-refractivity contribution in [3.05, 3.63) is 35.1 Å². The number of ether oxygens (including phenoxy) is 1. The summed E-state index contributed by atoms with van der Waals surface area (Å²) in [6.07, 6.45) is 0.630. The van der Waals surface area contributed by atoms with E-state index in [-0.39, 0.29) is 11.7 Å². The Bertz CT molecular complexity index is 659. The second-order valence-corrected chi connectivity index (χ2v) is 6.37. The van der Waals surface area contributed by atoms with Crippen LogP contribution < -0.4 is 5.73 Å². The molecular formula is C17H21FN4O2. The highest BCUT2D eigenvalue weighted by Crippen LogP contribution is 2.27. The number of hydrogen-bond acceptors (Lipinski definition) is 5. The third-order valence-corrected chi connectivity index (χ3v) is 5.02. The molecule has 6 nitrogen and oxygen atoms in total. The van der Waals surface area contributed by atoms with Crippen molar-refractivity contribution in [3.63, 3.8) is 0 Å². The lowest BCUT2D eigenvalue weighted by Crippen LogP contribution is -2.63. The van der Waals surface area contributed by atoms with Crippen LogP contribution in [0.25, 0.3) is 0 Å². The number of hydrogen-bond donors (Lipinski definition) is 1. The van der Waals surface area contributed by atoms with E-state index in [4.69, 9.17) is 15.7 Å². The molecule has 1 aromatic carbocycles. The van der Waals surface area contributed by atoms with Crippen LogP contribution in [0.3, 0.4) is 0 Å². The van der Waals surface area contributed by atoms with Gasteiger partial charge in [0.1, 0.15) is 11.4 Å². The predicted molar refractivity (Wildman–Crippen MR) is 85.3 cm³/mol. The molecule has 1 amide bonds. The molecule has 0 spiro atoms. The number of nitrogens with two attached hydrogens (primary N) is 1. The van der Waals surface area contributed by atoms with Crippen molar-refractivity contribution < 1.29 is 13.9 Å². The molecule has 2 fully saturated rings. The number of carbonyl (C=O) groups is 1. The number of halogens is 1. The van der Waals surface area contributed by atoms with Crippen LogP contribution in [-0.2, 0) is 16.1 Å². The Morgan fingerprint density at radius 1 is 1.38 bits per heavy atom. The van der Waals surface area contributed by atoms with Gasteiger partial charge in [0.15, 0.2) is 0 Å². The maximum absolute atomic E-state index is 13.4. The van der Waals surface area contributed by atoms with Crippen LogP contribution in [0.4, 0.5) is 4.39 Å². The monoisotopic (exact) mass is 332 g/mol. The molecule has 1 unspecified atom stereocenters. The van der Waals surface area contributed by atoms with Gasteiger partial charge in [-0.15, -0.1) is 0 Å². The summed E-state index contributed by atoms with van der Waals surface area (Å²) in [5.41, 5.74) is 6.12. The van der Waals surface area contributed by atoms with Crippen LogP contribution in [0.15, 0.2) is 18.2 Å². The molecule has 2 heterocycles. The van der Waals surface area contributed by atoms with Gasteiger partial charge in [0.25, 0.3) is 0 Å². The first-order chi connectivity index (χ1) is 11.5. The second kappa shape index (κ2) is 6.85. The highest BCUT2D eigenvalue weighted by molar-refractivity contribution is 5.85. The zero-order valence-corrected chi connectivity index (χ0v) is 13.5. The summed E-state index contributed by atoms with van der Waals surface area (Å²) in [5.74, 6) is -0.663. The smallest absolute Gasteiger partial charge is 0.240 e. The molecule has 2 aliphatic rings. The Labute approximate surface area is 140 Å². The van der Waals surface area contributed by atoms with Crippen LogP contribution in [0, 0.1) is 17.1 Å². The van der Waals surface area contributed by atoms with Gasteiger partial charge < -0.3 is 10.5 Å². The SMILES string of the molecule is N#Cc1ccc(F)cc1CN1CCN(C2(C(N)=O)CCOC2)CC1. The molecule has 0 aromatic heterocycles. The highest BCUT2D eigenvalue weighted by atomic mass is 19.1. The second-order valence-electron chi connectivity index (χ2n) is 6.37. The molecular weight excluding hydrogens is 311 g/mol. The van der Waals surface area contributed by atoms with Crippen molar-refractivity contribution in [2.45, 2.75) is 18.5 Å². The number of benzene rings is 1. The maximum atomic E-state index is 13.4. The molecule has 1 aromatic rings. The summed E-state index contributed by atoms with van der Waals surface area (Å²) in [5, 5.41) is 9.15. The zero-order chi connectivity index (χ0) is 17.2. The van der Waals surface area contributed by atoms with Gasteiger partial charge in [0.2, 0.25) is 5.91 Å². The first-order valence-corrected chi connectivity index (χ1v) is 8.09. The molecule has 0 radical (unpaired) electrons. The number of nitriles is 1. The molecule has 2 N–H and O–H groups in total. The lowest BCUT2D eigenvalue weighted by atomic mass is 9.94. The Balaban J connectivity index is 1.65.